The Kier molecular flexibility index (Phi) is 3.86. The van der Waals surface area contributed by atoms with Crippen LogP contribution in [0.3, 0.4) is 0 Å². The molecular formula is C17H15ClN2. The first-order valence-electron chi connectivity index (χ1n) is 6.56. The lowest BCUT2D eigenvalue weighted by Crippen LogP contribution is -2.28. The lowest BCUT2D eigenvalue weighted by molar-refractivity contribution is 0.745. The molecule has 0 bridgehead atoms. The van der Waals surface area contributed by atoms with E-state index < -0.39 is 0 Å². The smallest absolute Gasteiger partial charge is 0.0706 e. The Labute approximate surface area is 123 Å². The predicted octanol–water partition coefficient (Wildman–Crippen LogP) is 4.50. The fourth-order valence-corrected chi connectivity index (χ4v) is 2.42. The van der Waals surface area contributed by atoms with E-state index in [0.29, 0.717) is 6.54 Å². The number of hydrazine groups is 1. The molecule has 3 aromatic rings. The van der Waals surface area contributed by atoms with Crippen molar-refractivity contribution >= 4 is 28.2 Å². The fourth-order valence-electron chi connectivity index (χ4n) is 2.25. The van der Waals surface area contributed by atoms with Gasteiger partial charge in [-0.15, -0.1) is 0 Å². The number of anilines is 1. The topological polar surface area (TPSA) is 15.3 Å². The van der Waals surface area contributed by atoms with E-state index >= 15 is 0 Å². The van der Waals surface area contributed by atoms with Crippen molar-refractivity contribution in [2.24, 2.45) is 0 Å². The van der Waals surface area contributed by atoms with Gasteiger partial charge in [0.05, 0.1) is 5.69 Å². The molecule has 1 N–H and O–H groups in total. The summed E-state index contributed by atoms with van der Waals surface area (Å²) < 4.78 is 1.53. The Morgan fingerprint density at radius 3 is 2.35 bits per heavy atom. The molecule has 3 heteroatoms. The van der Waals surface area contributed by atoms with E-state index in [9.17, 15) is 0 Å². The number of halogens is 1. The molecule has 0 atom stereocenters. The van der Waals surface area contributed by atoms with Crippen LogP contribution in [0.25, 0.3) is 10.8 Å². The minimum atomic E-state index is 0.680. The first-order chi connectivity index (χ1) is 9.84. The van der Waals surface area contributed by atoms with Crippen LogP contribution >= 0.6 is 11.8 Å². The lowest BCUT2D eigenvalue weighted by atomic mass is 10.1. The molecule has 0 unspecified atom stereocenters. The number of para-hydroxylation sites is 1. The molecule has 0 saturated carbocycles. The predicted molar refractivity (Wildman–Crippen MR) is 85.6 cm³/mol. The summed E-state index contributed by atoms with van der Waals surface area (Å²) in [6.45, 7) is 0.680. The second-order valence-corrected chi connectivity index (χ2v) is 4.93. The molecule has 0 aliphatic carbocycles. The maximum absolute atomic E-state index is 6.23. The monoisotopic (exact) mass is 282 g/mol. The third-order valence-electron chi connectivity index (χ3n) is 3.27. The second-order valence-electron chi connectivity index (χ2n) is 4.59. The molecule has 0 radical (unpaired) electrons. The standard InChI is InChI=1S/C17H15ClN2/c18-20(16-10-2-1-3-11-16)19-13-15-9-6-8-14-7-4-5-12-17(14)15/h1-12,19H,13H2. The van der Waals surface area contributed by atoms with Crippen LogP contribution in [-0.4, -0.2) is 0 Å². The number of hydrogen-bond donors (Lipinski definition) is 1. The maximum Gasteiger partial charge on any atom is 0.0706 e. The van der Waals surface area contributed by atoms with Gasteiger partial charge >= 0.3 is 0 Å². The highest BCUT2D eigenvalue weighted by molar-refractivity contribution is 6.25. The molecule has 100 valence electrons. The van der Waals surface area contributed by atoms with Crippen LogP contribution in [0.1, 0.15) is 5.56 Å². The van der Waals surface area contributed by atoms with E-state index in [1.54, 1.807) is 0 Å². The lowest BCUT2D eigenvalue weighted by Gasteiger charge is -2.17. The zero-order valence-electron chi connectivity index (χ0n) is 11.0. The van der Waals surface area contributed by atoms with Crippen LogP contribution < -0.4 is 9.95 Å². The molecule has 0 spiro atoms. The Morgan fingerprint density at radius 2 is 1.50 bits per heavy atom. The van der Waals surface area contributed by atoms with Crippen molar-refractivity contribution < 1.29 is 0 Å². The van der Waals surface area contributed by atoms with Gasteiger partial charge in [-0.1, -0.05) is 60.7 Å². The van der Waals surface area contributed by atoms with Crippen LogP contribution in [0.5, 0.6) is 0 Å². The molecule has 0 aliphatic heterocycles. The summed E-state index contributed by atoms with van der Waals surface area (Å²) in [4.78, 5) is 0. The fraction of sp³-hybridized carbons (Fsp3) is 0.0588. The summed E-state index contributed by atoms with van der Waals surface area (Å²) in [5.74, 6) is 0. The number of benzene rings is 3. The van der Waals surface area contributed by atoms with Crippen LogP contribution in [0, 0.1) is 0 Å². The third kappa shape index (κ3) is 2.77. The molecule has 0 heterocycles. The Balaban J connectivity index is 1.77. The second kappa shape index (κ2) is 5.95. The molecule has 0 aliphatic rings. The average molecular weight is 283 g/mol. The number of hydrogen-bond acceptors (Lipinski definition) is 2. The van der Waals surface area contributed by atoms with Crippen molar-refractivity contribution in [2.75, 3.05) is 4.53 Å². The van der Waals surface area contributed by atoms with Crippen molar-refractivity contribution in [2.45, 2.75) is 6.54 Å². The average Bonchev–Trinajstić information content (AvgIpc) is 2.53. The number of fused-ring (bicyclic) bond motifs is 1. The van der Waals surface area contributed by atoms with E-state index in [4.69, 9.17) is 11.8 Å². The van der Waals surface area contributed by atoms with Gasteiger partial charge in [-0.2, -0.15) is 0 Å². The summed E-state index contributed by atoms with van der Waals surface area (Å²) in [6.07, 6.45) is 0. The van der Waals surface area contributed by atoms with Crippen LogP contribution in [0.4, 0.5) is 5.69 Å². The number of rotatable bonds is 4. The van der Waals surface area contributed by atoms with Crippen molar-refractivity contribution in [3.63, 3.8) is 0 Å². The highest BCUT2D eigenvalue weighted by Gasteiger charge is 2.04. The molecule has 3 rings (SSSR count). The van der Waals surface area contributed by atoms with E-state index in [1.807, 2.05) is 30.3 Å². The van der Waals surface area contributed by atoms with Gasteiger partial charge in [-0.05, 0) is 28.5 Å². The largest absolute Gasteiger partial charge is 0.218 e. The summed E-state index contributed by atoms with van der Waals surface area (Å²) >= 11 is 6.23. The SMILES string of the molecule is ClN(NCc1cccc2ccccc12)c1ccccc1. The number of nitrogens with zero attached hydrogens (tertiary/aromatic N) is 1. The molecule has 3 aromatic carbocycles. The van der Waals surface area contributed by atoms with Crippen molar-refractivity contribution in [1.82, 2.24) is 5.43 Å². The Hall–Kier alpha value is -2.03. The molecule has 0 fully saturated rings. The van der Waals surface area contributed by atoms with E-state index in [-0.39, 0.29) is 0 Å². The van der Waals surface area contributed by atoms with Gasteiger partial charge < -0.3 is 0 Å². The summed E-state index contributed by atoms with van der Waals surface area (Å²) in [7, 11) is 0. The zero-order chi connectivity index (χ0) is 13.8. The van der Waals surface area contributed by atoms with Crippen molar-refractivity contribution in [3.8, 4) is 0 Å². The van der Waals surface area contributed by atoms with Gasteiger partial charge in [0, 0.05) is 18.3 Å². The van der Waals surface area contributed by atoms with E-state index in [1.165, 1.54) is 20.9 Å². The van der Waals surface area contributed by atoms with Crippen molar-refractivity contribution in [1.29, 1.82) is 0 Å². The first-order valence-corrected chi connectivity index (χ1v) is 6.89. The van der Waals surface area contributed by atoms with Gasteiger partial charge in [0.2, 0.25) is 0 Å². The quantitative estimate of drug-likeness (QED) is 0.560. The molecular weight excluding hydrogens is 268 g/mol. The van der Waals surface area contributed by atoms with Crippen LogP contribution in [0.2, 0.25) is 0 Å². The highest BCUT2D eigenvalue weighted by Crippen LogP contribution is 2.19. The summed E-state index contributed by atoms with van der Waals surface area (Å²) in [5, 5.41) is 2.49. The van der Waals surface area contributed by atoms with Gasteiger partial charge in [0.25, 0.3) is 0 Å². The minimum absolute atomic E-state index is 0.680. The van der Waals surface area contributed by atoms with Gasteiger partial charge in [-0.25, -0.2) is 9.95 Å². The zero-order valence-corrected chi connectivity index (χ0v) is 11.7. The Morgan fingerprint density at radius 1 is 0.800 bits per heavy atom. The molecule has 0 aromatic heterocycles. The molecule has 2 nitrogen and oxygen atoms in total. The van der Waals surface area contributed by atoms with E-state index in [2.05, 4.69) is 47.9 Å². The van der Waals surface area contributed by atoms with Crippen LogP contribution in [0.15, 0.2) is 72.8 Å². The van der Waals surface area contributed by atoms with Gasteiger partial charge in [-0.3, -0.25) is 0 Å². The maximum atomic E-state index is 6.23. The van der Waals surface area contributed by atoms with Crippen LogP contribution in [-0.2, 0) is 6.54 Å². The highest BCUT2D eigenvalue weighted by atomic mass is 35.5. The van der Waals surface area contributed by atoms with E-state index in [0.717, 1.165) is 5.69 Å². The van der Waals surface area contributed by atoms with Crippen molar-refractivity contribution in [3.05, 3.63) is 78.4 Å². The number of nitrogens with one attached hydrogen (secondary N) is 1. The molecule has 0 amide bonds. The normalized spacial score (nSPS) is 10.7. The molecule has 20 heavy (non-hydrogen) atoms. The minimum Gasteiger partial charge on any atom is -0.218 e. The third-order valence-corrected chi connectivity index (χ3v) is 3.59. The molecule has 0 saturated heterocycles. The van der Waals surface area contributed by atoms with Gasteiger partial charge in [0.15, 0.2) is 0 Å². The Bertz CT molecular complexity index is 692. The summed E-state index contributed by atoms with van der Waals surface area (Å²) in [5.41, 5.74) is 5.36. The first kappa shape index (κ1) is 13.0. The summed E-state index contributed by atoms with van der Waals surface area (Å²) in [6, 6.07) is 24.5. The van der Waals surface area contributed by atoms with Gasteiger partial charge in [0.1, 0.15) is 0 Å².